The first-order valence-electron chi connectivity index (χ1n) is 7.02. The monoisotopic (exact) mass is 298 g/mol. The third kappa shape index (κ3) is 3.80. The number of carbonyl (C=O) groups excluding carboxylic acids is 2. The van der Waals surface area contributed by atoms with E-state index in [0.717, 1.165) is 5.56 Å². The van der Waals surface area contributed by atoms with Crippen LogP contribution >= 0.6 is 0 Å². The van der Waals surface area contributed by atoms with Crippen molar-refractivity contribution in [2.24, 2.45) is 0 Å². The molecular weight excluding hydrogens is 280 g/mol. The number of hydrogen-bond donors (Lipinski definition) is 1. The molecule has 0 saturated heterocycles. The predicted octanol–water partition coefficient (Wildman–Crippen LogP) is 2.58. The topological polar surface area (TPSA) is 63.6 Å². The van der Waals surface area contributed by atoms with Gasteiger partial charge in [-0.2, -0.15) is 0 Å². The molecule has 2 rings (SSSR count). The number of aliphatic hydroxyl groups is 1. The molecular formula is C18H18O4. The molecule has 22 heavy (non-hydrogen) atoms. The summed E-state index contributed by atoms with van der Waals surface area (Å²) >= 11 is 0. The Hall–Kier alpha value is -2.46. The van der Waals surface area contributed by atoms with Gasteiger partial charge in [-0.1, -0.05) is 60.7 Å². The highest BCUT2D eigenvalue weighted by Gasteiger charge is 2.30. The molecule has 0 amide bonds. The van der Waals surface area contributed by atoms with Crippen LogP contribution in [0.15, 0.2) is 60.7 Å². The van der Waals surface area contributed by atoms with Crippen LogP contribution in [0.25, 0.3) is 0 Å². The molecule has 0 fully saturated rings. The van der Waals surface area contributed by atoms with Crippen LogP contribution in [0.3, 0.4) is 0 Å². The molecule has 2 aromatic carbocycles. The summed E-state index contributed by atoms with van der Waals surface area (Å²) in [6.45, 7) is 0. The molecule has 0 aliphatic heterocycles. The van der Waals surface area contributed by atoms with Crippen molar-refractivity contribution in [3.05, 3.63) is 71.8 Å². The molecule has 2 atom stereocenters. The lowest BCUT2D eigenvalue weighted by Crippen LogP contribution is -2.30. The fourth-order valence-electron chi connectivity index (χ4n) is 2.34. The number of carbonyl (C=O) groups is 2. The molecule has 2 aromatic rings. The van der Waals surface area contributed by atoms with Crippen molar-refractivity contribution in [3.63, 3.8) is 0 Å². The minimum absolute atomic E-state index is 0.0320. The summed E-state index contributed by atoms with van der Waals surface area (Å²) in [7, 11) is 1.21. The van der Waals surface area contributed by atoms with Crippen molar-refractivity contribution in [3.8, 4) is 0 Å². The van der Waals surface area contributed by atoms with Gasteiger partial charge in [-0.25, -0.2) is 4.79 Å². The average molecular weight is 298 g/mol. The number of aliphatic hydroxyl groups excluding tert-OH is 1. The molecule has 0 aliphatic carbocycles. The maximum atomic E-state index is 12.4. The number of benzene rings is 2. The summed E-state index contributed by atoms with van der Waals surface area (Å²) in [5.74, 6) is -1.51. The lowest BCUT2D eigenvalue weighted by Gasteiger charge is -2.21. The quantitative estimate of drug-likeness (QED) is 0.657. The van der Waals surface area contributed by atoms with Gasteiger partial charge in [0.25, 0.3) is 0 Å². The Kier molecular flexibility index (Phi) is 5.44. The van der Waals surface area contributed by atoms with Gasteiger partial charge >= 0.3 is 5.97 Å². The first kappa shape index (κ1) is 15.9. The van der Waals surface area contributed by atoms with E-state index in [0.29, 0.717) is 5.56 Å². The van der Waals surface area contributed by atoms with E-state index in [-0.39, 0.29) is 12.2 Å². The van der Waals surface area contributed by atoms with Gasteiger partial charge in [0.05, 0.1) is 7.11 Å². The van der Waals surface area contributed by atoms with Crippen LogP contribution in [-0.4, -0.2) is 30.1 Å². The number of Topliss-reactive ketones (excluding diaryl/α,β-unsaturated/α-hetero) is 1. The maximum Gasteiger partial charge on any atom is 0.335 e. The van der Waals surface area contributed by atoms with E-state index in [4.69, 9.17) is 0 Å². The number of ether oxygens (including phenoxy) is 1. The first-order chi connectivity index (χ1) is 10.6. The van der Waals surface area contributed by atoms with E-state index >= 15 is 0 Å². The lowest BCUT2D eigenvalue weighted by molar-refractivity contribution is -0.151. The summed E-state index contributed by atoms with van der Waals surface area (Å²) in [6.07, 6.45) is -1.34. The van der Waals surface area contributed by atoms with E-state index in [9.17, 15) is 14.7 Å². The molecule has 4 nitrogen and oxygen atoms in total. The van der Waals surface area contributed by atoms with E-state index in [1.165, 1.54) is 7.11 Å². The second-order valence-electron chi connectivity index (χ2n) is 4.98. The molecule has 0 heterocycles. The third-order valence-electron chi connectivity index (χ3n) is 3.55. The Balaban J connectivity index is 2.25. The molecule has 114 valence electrons. The Morgan fingerprint density at radius 1 is 1.00 bits per heavy atom. The van der Waals surface area contributed by atoms with Crippen molar-refractivity contribution >= 4 is 11.8 Å². The predicted molar refractivity (Wildman–Crippen MR) is 82.6 cm³/mol. The molecule has 0 aliphatic rings. The number of hydrogen-bond acceptors (Lipinski definition) is 4. The van der Waals surface area contributed by atoms with Crippen LogP contribution in [0.4, 0.5) is 0 Å². The van der Waals surface area contributed by atoms with Crippen LogP contribution in [0, 0.1) is 0 Å². The zero-order valence-corrected chi connectivity index (χ0v) is 12.3. The highest BCUT2D eigenvalue weighted by atomic mass is 16.5. The minimum atomic E-state index is -1.37. The van der Waals surface area contributed by atoms with Crippen molar-refractivity contribution in [2.75, 3.05) is 7.11 Å². The van der Waals surface area contributed by atoms with Gasteiger partial charge in [-0.3, -0.25) is 4.79 Å². The Morgan fingerprint density at radius 2 is 1.55 bits per heavy atom. The summed E-state index contributed by atoms with van der Waals surface area (Å²) in [5, 5.41) is 10.2. The number of esters is 1. The van der Waals surface area contributed by atoms with E-state index in [1.54, 1.807) is 48.5 Å². The van der Waals surface area contributed by atoms with E-state index in [1.807, 2.05) is 12.1 Å². The van der Waals surface area contributed by atoms with Gasteiger partial charge < -0.3 is 9.84 Å². The van der Waals surface area contributed by atoms with Crippen LogP contribution in [0.5, 0.6) is 0 Å². The second kappa shape index (κ2) is 7.52. The van der Waals surface area contributed by atoms with Gasteiger partial charge in [0.15, 0.2) is 11.9 Å². The minimum Gasteiger partial charge on any atom is -0.467 e. The molecule has 0 unspecified atom stereocenters. The average Bonchev–Trinajstić information content (AvgIpc) is 2.59. The third-order valence-corrected chi connectivity index (χ3v) is 3.55. The number of ketones is 1. The van der Waals surface area contributed by atoms with Crippen molar-refractivity contribution in [2.45, 2.75) is 18.4 Å². The normalized spacial score (nSPS) is 13.2. The summed E-state index contributed by atoms with van der Waals surface area (Å²) < 4.78 is 4.60. The van der Waals surface area contributed by atoms with Crippen molar-refractivity contribution in [1.29, 1.82) is 0 Å². The smallest absolute Gasteiger partial charge is 0.335 e. The van der Waals surface area contributed by atoms with Gasteiger partial charge in [0.1, 0.15) is 0 Å². The summed E-state index contributed by atoms with van der Waals surface area (Å²) in [5.41, 5.74) is 1.28. The van der Waals surface area contributed by atoms with Gasteiger partial charge in [0, 0.05) is 17.9 Å². The highest BCUT2D eigenvalue weighted by Crippen LogP contribution is 2.26. The highest BCUT2D eigenvalue weighted by molar-refractivity contribution is 5.97. The van der Waals surface area contributed by atoms with Crippen LogP contribution in [0.1, 0.15) is 28.3 Å². The van der Waals surface area contributed by atoms with E-state index in [2.05, 4.69) is 4.74 Å². The molecule has 1 N–H and O–H groups in total. The number of rotatable bonds is 6. The zero-order valence-electron chi connectivity index (χ0n) is 12.3. The molecule has 0 radical (unpaired) electrons. The Bertz CT molecular complexity index is 622. The standard InChI is InChI=1S/C18H18O4/c1-22-18(21)17(20)15(13-8-4-2-5-9-13)12-16(19)14-10-6-3-7-11-14/h2-11,15,17,20H,12H2,1H3/t15-,17+/m1/s1. The van der Waals surface area contributed by atoms with Crippen LogP contribution < -0.4 is 0 Å². The second-order valence-corrected chi connectivity index (χ2v) is 4.98. The fourth-order valence-corrected chi connectivity index (χ4v) is 2.34. The van der Waals surface area contributed by atoms with Crippen LogP contribution in [-0.2, 0) is 9.53 Å². The van der Waals surface area contributed by atoms with Crippen molar-refractivity contribution < 1.29 is 19.4 Å². The van der Waals surface area contributed by atoms with Gasteiger partial charge in [-0.15, -0.1) is 0 Å². The molecule has 0 bridgehead atoms. The molecule has 0 spiro atoms. The lowest BCUT2D eigenvalue weighted by atomic mass is 9.87. The van der Waals surface area contributed by atoms with E-state index < -0.39 is 18.0 Å². The van der Waals surface area contributed by atoms with Crippen molar-refractivity contribution in [1.82, 2.24) is 0 Å². The SMILES string of the molecule is COC(=O)[C@@H](O)[C@H](CC(=O)c1ccccc1)c1ccccc1. The Morgan fingerprint density at radius 3 is 2.09 bits per heavy atom. The van der Waals surface area contributed by atoms with Gasteiger partial charge in [-0.05, 0) is 5.56 Å². The molecule has 0 aromatic heterocycles. The fraction of sp³-hybridized carbons (Fsp3) is 0.222. The zero-order chi connectivity index (χ0) is 15.9. The molecule has 0 saturated carbocycles. The number of methoxy groups -OCH3 is 1. The van der Waals surface area contributed by atoms with Gasteiger partial charge in [0.2, 0.25) is 0 Å². The largest absolute Gasteiger partial charge is 0.467 e. The first-order valence-corrected chi connectivity index (χ1v) is 7.02. The Labute approximate surface area is 129 Å². The molecule has 4 heteroatoms. The maximum absolute atomic E-state index is 12.4. The summed E-state index contributed by atoms with van der Waals surface area (Å²) in [6, 6.07) is 17.8. The van der Waals surface area contributed by atoms with Crippen LogP contribution in [0.2, 0.25) is 0 Å². The summed E-state index contributed by atoms with van der Waals surface area (Å²) in [4.78, 5) is 24.0.